The summed E-state index contributed by atoms with van der Waals surface area (Å²) in [5.74, 6) is 0. The van der Waals surface area contributed by atoms with Crippen LogP contribution in [0.2, 0.25) is 0 Å². The number of unbranched alkanes of at least 4 members (excludes halogenated alkanes) is 2. The average Bonchev–Trinajstić information content (AvgIpc) is 2.74. The van der Waals surface area contributed by atoms with Crippen molar-refractivity contribution < 1.29 is 4.92 Å². The molecule has 0 saturated heterocycles. The van der Waals surface area contributed by atoms with Crippen molar-refractivity contribution in [1.82, 2.24) is 4.48 Å². The Morgan fingerprint density at radius 2 is 1.81 bits per heavy atom. The quantitative estimate of drug-likeness (QED) is 0.325. The van der Waals surface area contributed by atoms with Crippen molar-refractivity contribution in [1.29, 1.82) is 0 Å². The first-order chi connectivity index (χ1) is 10.0. The molecule has 1 aliphatic rings. The van der Waals surface area contributed by atoms with E-state index in [0.717, 1.165) is 55.1 Å². The molecule has 0 unspecified atom stereocenters. The number of nitro groups is 1. The van der Waals surface area contributed by atoms with E-state index in [1.54, 1.807) is 12.1 Å². The average molecular weight is 306 g/mol. The summed E-state index contributed by atoms with van der Waals surface area (Å²) in [4.78, 5) is 10.6. The Bertz CT molecular complexity index is 561. The van der Waals surface area contributed by atoms with Crippen LogP contribution in [0.1, 0.15) is 45.1 Å². The van der Waals surface area contributed by atoms with Crippen LogP contribution in [0.4, 0.5) is 11.4 Å². The Hall–Kier alpha value is -1.46. The van der Waals surface area contributed by atoms with Gasteiger partial charge in [-0.1, -0.05) is 26.7 Å². The van der Waals surface area contributed by atoms with Gasteiger partial charge in [-0.2, -0.15) is 0 Å². The number of non-ortho nitro benzene ring substituents is 1. The molecule has 0 amide bonds. The van der Waals surface area contributed by atoms with Crippen LogP contribution in [-0.2, 0) is 12.6 Å². The summed E-state index contributed by atoms with van der Waals surface area (Å²) in [6.07, 6.45) is 6.40. The monoisotopic (exact) mass is 306 g/mol. The molecule has 0 N–H and O–H groups in total. The minimum absolute atomic E-state index is 0.138. The number of nitrogens with zero attached hydrogens (tertiary/aromatic N) is 2. The summed E-state index contributed by atoms with van der Waals surface area (Å²) in [6.45, 7) is 6.32. The van der Waals surface area contributed by atoms with Crippen molar-refractivity contribution in [2.24, 2.45) is 0 Å². The molecule has 1 heterocycles. The maximum absolute atomic E-state index is 10.9. The van der Waals surface area contributed by atoms with Gasteiger partial charge >= 0.3 is 0 Å². The number of quaternary nitrogens is 1. The molecule has 1 aliphatic heterocycles. The van der Waals surface area contributed by atoms with Crippen LogP contribution in [0, 0.1) is 10.1 Å². The highest BCUT2D eigenvalue weighted by atomic mass is 32.1. The van der Waals surface area contributed by atoms with Crippen LogP contribution < -0.4 is 4.48 Å². The van der Waals surface area contributed by atoms with Gasteiger partial charge < -0.3 is 12.6 Å². The highest BCUT2D eigenvalue weighted by Gasteiger charge is 2.36. The summed E-state index contributed by atoms with van der Waals surface area (Å²) in [5.41, 5.74) is 2.19. The van der Waals surface area contributed by atoms with E-state index in [2.05, 4.69) is 13.8 Å². The SMILES string of the molecule is CCCC[N+]1(CCCC)C([S-])=Cc2cc([N+](=O)[O-])ccc21. The zero-order chi connectivity index (χ0) is 15.5. The van der Waals surface area contributed by atoms with Gasteiger partial charge in [-0.3, -0.25) is 14.6 Å². The Kier molecular flexibility index (Phi) is 4.96. The molecule has 0 aromatic heterocycles. The molecule has 0 spiro atoms. The van der Waals surface area contributed by atoms with Crippen LogP contribution in [0.3, 0.4) is 0 Å². The van der Waals surface area contributed by atoms with E-state index in [1.807, 2.05) is 12.1 Å². The molecule has 5 heteroatoms. The third-order valence-electron chi connectivity index (χ3n) is 4.17. The molecule has 0 aliphatic carbocycles. The van der Waals surface area contributed by atoms with E-state index in [0.29, 0.717) is 4.48 Å². The molecule has 2 rings (SSSR count). The Balaban J connectivity index is 2.44. The summed E-state index contributed by atoms with van der Waals surface area (Å²) in [7, 11) is 0. The summed E-state index contributed by atoms with van der Waals surface area (Å²) in [5, 5.41) is 11.8. The topological polar surface area (TPSA) is 43.1 Å². The molecule has 0 bridgehead atoms. The Morgan fingerprint density at radius 3 is 2.33 bits per heavy atom. The predicted molar refractivity (Wildman–Crippen MR) is 89.8 cm³/mol. The number of fused-ring (bicyclic) bond motifs is 1. The zero-order valence-electron chi connectivity index (χ0n) is 12.7. The molecule has 1 aromatic carbocycles. The minimum atomic E-state index is -0.345. The molecule has 0 saturated carbocycles. The molecule has 114 valence electrons. The third-order valence-corrected chi connectivity index (χ3v) is 4.64. The van der Waals surface area contributed by atoms with E-state index >= 15 is 0 Å². The normalized spacial score (nSPS) is 15.6. The lowest BCUT2D eigenvalue weighted by Crippen LogP contribution is -2.47. The van der Waals surface area contributed by atoms with E-state index < -0.39 is 0 Å². The maximum Gasteiger partial charge on any atom is 0.270 e. The molecule has 1 aromatic rings. The van der Waals surface area contributed by atoms with Crippen LogP contribution in [0.5, 0.6) is 0 Å². The summed E-state index contributed by atoms with van der Waals surface area (Å²) >= 11 is 5.64. The second-order valence-electron chi connectivity index (χ2n) is 5.60. The second-order valence-corrected chi connectivity index (χ2v) is 6.02. The fourth-order valence-electron chi connectivity index (χ4n) is 2.97. The first kappa shape index (κ1) is 15.9. The highest BCUT2D eigenvalue weighted by Crippen LogP contribution is 2.42. The fraction of sp³-hybridized carbons (Fsp3) is 0.500. The van der Waals surface area contributed by atoms with Gasteiger partial charge in [0, 0.05) is 23.8 Å². The van der Waals surface area contributed by atoms with Crippen molar-refractivity contribution in [3.05, 3.63) is 38.9 Å². The number of hydrogen-bond acceptors (Lipinski definition) is 3. The van der Waals surface area contributed by atoms with E-state index in [-0.39, 0.29) is 10.6 Å². The molecule has 0 radical (unpaired) electrons. The van der Waals surface area contributed by atoms with E-state index in [9.17, 15) is 10.1 Å². The van der Waals surface area contributed by atoms with E-state index in [1.165, 1.54) is 0 Å². The van der Waals surface area contributed by atoms with Crippen LogP contribution in [-0.4, -0.2) is 18.0 Å². The highest BCUT2D eigenvalue weighted by molar-refractivity contribution is 7.63. The number of benzene rings is 1. The lowest BCUT2D eigenvalue weighted by Gasteiger charge is -2.40. The van der Waals surface area contributed by atoms with Gasteiger partial charge in [0.25, 0.3) is 5.69 Å². The van der Waals surface area contributed by atoms with Crippen molar-refractivity contribution in [3.63, 3.8) is 0 Å². The predicted octanol–water partition coefficient (Wildman–Crippen LogP) is 4.36. The molecule has 0 atom stereocenters. The van der Waals surface area contributed by atoms with Gasteiger partial charge in [0.15, 0.2) is 0 Å². The standard InChI is InChI=1S/C16H22N2O2S/c1-3-5-9-18(10-6-4-2)15-8-7-14(17(19)20)11-13(15)12-16(18)21/h7-8,11-12H,3-6,9-10H2,1-2H3. The van der Waals surface area contributed by atoms with Crippen molar-refractivity contribution >= 4 is 30.1 Å². The Morgan fingerprint density at radius 1 is 1.19 bits per heavy atom. The lowest BCUT2D eigenvalue weighted by atomic mass is 10.1. The second kappa shape index (κ2) is 6.54. The molecular weight excluding hydrogens is 284 g/mol. The number of rotatable bonds is 7. The third kappa shape index (κ3) is 2.94. The maximum atomic E-state index is 10.9. The van der Waals surface area contributed by atoms with Gasteiger partial charge in [0.1, 0.15) is 5.69 Å². The minimum Gasteiger partial charge on any atom is -0.721 e. The first-order valence-corrected chi connectivity index (χ1v) is 8.01. The molecule has 21 heavy (non-hydrogen) atoms. The molecule has 4 nitrogen and oxygen atoms in total. The van der Waals surface area contributed by atoms with Crippen molar-refractivity contribution in [2.45, 2.75) is 39.5 Å². The zero-order valence-corrected chi connectivity index (χ0v) is 13.5. The van der Waals surface area contributed by atoms with E-state index in [4.69, 9.17) is 12.6 Å². The Labute approximate surface area is 131 Å². The number of nitro benzene ring substituents is 1. The largest absolute Gasteiger partial charge is 0.721 e. The fourth-order valence-corrected chi connectivity index (χ4v) is 3.37. The molecular formula is C16H22N2O2S. The smallest absolute Gasteiger partial charge is 0.270 e. The van der Waals surface area contributed by atoms with Gasteiger partial charge in [0.2, 0.25) is 0 Å². The summed E-state index contributed by atoms with van der Waals surface area (Å²) in [6, 6.07) is 5.15. The van der Waals surface area contributed by atoms with Gasteiger partial charge in [0.05, 0.1) is 18.0 Å². The van der Waals surface area contributed by atoms with Crippen LogP contribution in [0.15, 0.2) is 23.2 Å². The van der Waals surface area contributed by atoms with Crippen molar-refractivity contribution in [3.8, 4) is 0 Å². The number of hydrogen-bond donors (Lipinski definition) is 0. The van der Waals surface area contributed by atoms with Crippen LogP contribution >= 0.6 is 0 Å². The lowest BCUT2D eigenvalue weighted by molar-refractivity contribution is -0.384. The van der Waals surface area contributed by atoms with Crippen LogP contribution in [0.25, 0.3) is 6.08 Å². The molecule has 0 fully saturated rings. The summed E-state index contributed by atoms with van der Waals surface area (Å²) < 4.78 is 0.699. The van der Waals surface area contributed by atoms with Gasteiger partial charge in [-0.15, -0.1) is 0 Å². The first-order valence-electron chi connectivity index (χ1n) is 7.60. The van der Waals surface area contributed by atoms with Gasteiger partial charge in [-0.25, -0.2) is 0 Å². The van der Waals surface area contributed by atoms with Crippen molar-refractivity contribution in [2.75, 3.05) is 13.1 Å². The van der Waals surface area contributed by atoms with Gasteiger partial charge in [-0.05, 0) is 23.9 Å².